The third kappa shape index (κ3) is 10.6. The van der Waals surface area contributed by atoms with E-state index < -0.39 is 18.0 Å². The second-order valence-corrected chi connectivity index (χ2v) is 9.95. The van der Waals surface area contributed by atoms with Crippen LogP contribution in [0.5, 0.6) is 0 Å². The molecule has 1 aromatic carbocycles. The number of carbonyl (C=O) groups excluding carboxylic acids is 5. The molecule has 11 nitrogen and oxygen atoms in total. The number of carbonyl (C=O) groups is 5. The first-order valence-electron chi connectivity index (χ1n) is 13.5. The van der Waals surface area contributed by atoms with Crippen LogP contribution < -0.4 is 21.7 Å². The highest BCUT2D eigenvalue weighted by atomic mass is 16.3. The van der Waals surface area contributed by atoms with Crippen LogP contribution in [-0.2, 0) is 30.6 Å². The lowest BCUT2D eigenvalue weighted by atomic mass is 10.0. The number of hydrogen-bond acceptors (Lipinski definition) is 7. The predicted molar refractivity (Wildman–Crippen MR) is 147 cm³/mol. The van der Waals surface area contributed by atoms with E-state index >= 15 is 0 Å². The van der Waals surface area contributed by atoms with Gasteiger partial charge in [-0.25, -0.2) is 0 Å². The molecule has 0 saturated heterocycles. The van der Waals surface area contributed by atoms with E-state index in [1.54, 1.807) is 24.3 Å². The first-order valence-corrected chi connectivity index (χ1v) is 13.5. The van der Waals surface area contributed by atoms with Crippen LogP contribution >= 0.6 is 0 Å². The lowest BCUT2D eigenvalue weighted by Crippen LogP contribution is -2.54. The second kappa shape index (κ2) is 16.4. The van der Waals surface area contributed by atoms with Crippen LogP contribution in [0, 0.1) is 5.92 Å². The quantitative estimate of drug-likeness (QED) is 0.146. The predicted octanol–water partition coefficient (Wildman–Crippen LogP) is 1.36. The number of anilines is 1. The van der Waals surface area contributed by atoms with Gasteiger partial charge in [-0.15, -0.1) is 0 Å². The summed E-state index contributed by atoms with van der Waals surface area (Å²) in [6.45, 7) is 4.30. The molecular formula is C28H41N5O6. The van der Waals surface area contributed by atoms with Gasteiger partial charge >= 0.3 is 0 Å². The molecule has 0 spiro atoms. The molecule has 214 valence electrons. The Morgan fingerprint density at radius 1 is 0.897 bits per heavy atom. The Morgan fingerprint density at radius 2 is 1.56 bits per heavy atom. The summed E-state index contributed by atoms with van der Waals surface area (Å²) in [7, 11) is 0. The van der Waals surface area contributed by atoms with Crippen molar-refractivity contribution in [3.8, 4) is 0 Å². The Labute approximate surface area is 229 Å². The summed E-state index contributed by atoms with van der Waals surface area (Å²) in [5.41, 5.74) is 6.85. The van der Waals surface area contributed by atoms with E-state index in [0.717, 1.165) is 0 Å². The fraction of sp³-hybridized carbons (Fsp3) is 0.536. The SMILES string of the molecule is CC(C)[C@H](NC(=O)CCCCCN1C(=O)C=CC1=O)C(=O)N[C@@H](CCCCN)C(=O)Nc1ccc(CO)cc1. The smallest absolute Gasteiger partial charge is 0.253 e. The molecule has 0 fully saturated rings. The maximum Gasteiger partial charge on any atom is 0.253 e. The lowest BCUT2D eigenvalue weighted by molar-refractivity contribution is -0.137. The van der Waals surface area contributed by atoms with E-state index in [9.17, 15) is 29.1 Å². The standard InChI is InChI=1S/C28H41N5O6/c1-19(2)26(32-23(35)9-4-3-7-17-33-24(36)14-15-25(33)37)28(39)31-22(8-5-6-16-29)27(38)30-21-12-10-20(18-34)11-13-21/h10-15,19,22,26,34H,3-9,16-18,29H2,1-2H3,(H,30,38)(H,31,39)(H,32,35)/t22-,26-/m0/s1. The summed E-state index contributed by atoms with van der Waals surface area (Å²) in [4.78, 5) is 63.1. The summed E-state index contributed by atoms with van der Waals surface area (Å²) in [6, 6.07) is 5.12. The lowest BCUT2D eigenvalue weighted by Gasteiger charge is -2.25. The number of nitrogens with one attached hydrogen (secondary N) is 3. The molecule has 39 heavy (non-hydrogen) atoms. The van der Waals surface area contributed by atoms with E-state index in [1.165, 1.54) is 17.1 Å². The number of benzene rings is 1. The highest BCUT2D eigenvalue weighted by Crippen LogP contribution is 2.13. The zero-order valence-corrected chi connectivity index (χ0v) is 22.8. The summed E-state index contributed by atoms with van der Waals surface area (Å²) >= 11 is 0. The average Bonchev–Trinajstić information content (AvgIpc) is 3.23. The van der Waals surface area contributed by atoms with Crippen molar-refractivity contribution >= 4 is 35.2 Å². The monoisotopic (exact) mass is 543 g/mol. The molecule has 0 aromatic heterocycles. The highest BCUT2D eigenvalue weighted by molar-refractivity contribution is 6.12. The van der Waals surface area contributed by atoms with Crippen molar-refractivity contribution in [2.45, 2.75) is 77.5 Å². The average molecular weight is 544 g/mol. The minimum Gasteiger partial charge on any atom is -0.392 e. The fourth-order valence-electron chi connectivity index (χ4n) is 4.11. The van der Waals surface area contributed by atoms with Crippen molar-refractivity contribution in [3.05, 3.63) is 42.0 Å². The number of unbranched alkanes of at least 4 members (excludes halogenated alkanes) is 3. The van der Waals surface area contributed by atoms with Crippen molar-refractivity contribution in [1.82, 2.24) is 15.5 Å². The van der Waals surface area contributed by atoms with E-state index in [1.807, 2.05) is 13.8 Å². The summed E-state index contributed by atoms with van der Waals surface area (Å²) in [5.74, 6) is -1.97. The minimum absolute atomic E-state index is 0.105. The van der Waals surface area contributed by atoms with Gasteiger partial charge in [-0.1, -0.05) is 32.4 Å². The van der Waals surface area contributed by atoms with Gasteiger partial charge in [0.05, 0.1) is 6.61 Å². The van der Waals surface area contributed by atoms with Gasteiger partial charge < -0.3 is 26.8 Å². The number of imide groups is 1. The van der Waals surface area contributed by atoms with Crippen LogP contribution in [-0.4, -0.2) is 64.7 Å². The second-order valence-electron chi connectivity index (χ2n) is 9.95. The van der Waals surface area contributed by atoms with Gasteiger partial charge in [0, 0.05) is 30.8 Å². The largest absolute Gasteiger partial charge is 0.392 e. The molecule has 1 aliphatic heterocycles. The zero-order chi connectivity index (χ0) is 28.8. The van der Waals surface area contributed by atoms with Gasteiger partial charge in [0.1, 0.15) is 12.1 Å². The third-order valence-electron chi connectivity index (χ3n) is 6.44. The van der Waals surface area contributed by atoms with E-state index in [4.69, 9.17) is 5.73 Å². The Bertz CT molecular complexity index is 1010. The Balaban J connectivity index is 1.88. The van der Waals surface area contributed by atoms with Crippen molar-refractivity contribution in [3.63, 3.8) is 0 Å². The van der Waals surface area contributed by atoms with Crippen LogP contribution in [0.2, 0.25) is 0 Å². The van der Waals surface area contributed by atoms with E-state index in [0.29, 0.717) is 62.9 Å². The van der Waals surface area contributed by atoms with Gasteiger partial charge in [-0.3, -0.25) is 28.9 Å². The molecule has 5 amide bonds. The number of aliphatic hydroxyl groups is 1. The summed E-state index contributed by atoms with van der Waals surface area (Å²) < 4.78 is 0. The number of rotatable bonds is 17. The molecule has 0 aliphatic carbocycles. The number of amides is 5. The van der Waals surface area contributed by atoms with Crippen molar-refractivity contribution in [2.75, 3.05) is 18.4 Å². The first-order chi connectivity index (χ1) is 18.7. The molecule has 6 N–H and O–H groups in total. The van der Waals surface area contributed by atoms with Gasteiger partial charge in [-0.05, 0) is 62.3 Å². The molecule has 0 bridgehead atoms. The minimum atomic E-state index is -0.822. The molecule has 11 heteroatoms. The normalized spacial score (nSPS) is 14.4. The maximum absolute atomic E-state index is 13.2. The summed E-state index contributed by atoms with van der Waals surface area (Å²) in [5, 5.41) is 17.6. The van der Waals surface area contributed by atoms with Crippen LogP contribution in [0.25, 0.3) is 0 Å². The molecule has 1 aromatic rings. The molecule has 2 rings (SSSR count). The van der Waals surface area contributed by atoms with Crippen LogP contribution in [0.4, 0.5) is 5.69 Å². The number of hydrogen-bond donors (Lipinski definition) is 5. The van der Waals surface area contributed by atoms with Crippen molar-refractivity contribution in [1.29, 1.82) is 0 Å². The maximum atomic E-state index is 13.2. The summed E-state index contributed by atoms with van der Waals surface area (Å²) in [6.07, 6.45) is 6.19. The molecule has 1 heterocycles. The van der Waals surface area contributed by atoms with Gasteiger partial charge in [0.15, 0.2) is 0 Å². The van der Waals surface area contributed by atoms with Crippen LogP contribution in [0.15, 0.2) is 36.4 Å². The fourth-order valence-corrected chi connectivity index (χ4v) is 4.11. The van der Waals surface area contributed by atoms with Gasteiger partial charge in [0.2, 0.25) is 17.7 Å². The zero-order valence-electron chi connectivity index (χ0n) is 22.8. The van der Waals surface area contributed by atoms with E-state index in [-0.39, 0.29) is 42.6 Å². The molecule has 1 aliphatic rings. The molecule has 0 saturated carbocycles. The molecular weight excluding hydrogens is 502 g/mol. The molecule has 2 atom stereocenters. The van der Waals surface area contributed by atoms with Gasteiger partial charge in [0.25, 0.3) is 11.8 Å². The van der Waals surface area contributed by atoms with Gasteiger partial charge in [-0.2, -0.15) is 0 Å². The number of nitrogens with two attached hydrogens (primary N) is 1. The number of aliphatic hydroxyl groups excluding tert-OH is 1. The Hall–Kier alpha value is -3.57. The first kappa shape index (κ1) is 31.6. The third-order valence-corrected chi connectivity index (χ3v) is 6.44. The molecule has 0 unspecified atom stereocenters. The Morgan fingerprint density at radius 3 is 2.15 bits per heavy atom. The molecule has 0 radical (unpaired) electrons. The Kier molecular flexibility index (Phi) is 13.3. The van der Waals surface area contributed by atoms with Crippen molar-refractivity contribution < 1.29 is 29.1 Å². The highest BCUT2D eigenvalue weighted by Gasteiger charge is 2.29. The van der Waals surface area contributed by atoms with Crippen LogP contribution in [0.1, 0.15) is 64.4 Å². The topological polar surface area (TPSA) is 171 Å². The van der Waals surface area contributed by atoms with E-state index in [2.05, 4.69) is 16.0 Å². The number of nitrogens with zero attached hydrogens (tertiary/aromatic N) is 1. The van der Waals surface area contributed by atoms with Crippen LogP contribution in [0.3, 0.4) is 0 Å². The van der Waals surface area contributed by atoms with Crippen molar-refractivity contribution in [2.24, 2.45) is 11.7 Å².